The number of thiazole rings is 1. The molecular weight excluding hydrogens is 292 g/mol. The van der Waals surface area contributed by atoms with Crippen LogP contribution in [0.2, 0.25) is 5.15 Å². The maximum atomic E-state index is 10.8. The molecule has 3 rings (SSSR count). The van der Waals surface area contributed by atoms with Gasteiger partial charge in [-0.2, -0.15) is 4.98 Å². The van der Waals surface area contributed by atoms with Crippen LogP contribution in [-0.2, 0) is 4.74 Å². The molecule has 1 aliphatic rings. The zero-order valence-corrected chi connectivity index (χ0v) is 11.3. The summed E-state index contributed by atoms with van der Waals surface area (Å²) in [7, 11) is 0. The standard InChI is InChI=1S/C10H9ClN4O3S/c11-8-6(15(16)17)5-7-9(12-8)13-10(19-7)14-1-3-18-4-2-14/h5H,1-4H2. The van der Waals surface area contributed by atoms with Crippen LogP contribution in [0.15, 0.2) is 6.07 Å². The average molecular weight is 301 g/mol. The number of nitrogens with zero attached hydrogens (tertiary/aromatic N) is 4. The summed E-state index contributed by atoms with van der Waals surface area (Å²) >= 11 is 7.15. The van der Waals surface area contributed by atoms with Gasteiger partial charge in [-0.15, -0.1) is 0 Å². The SMILES string of the molecule is O=[N+]([O-])c1cc2sc(N3CCOCC3)nc2nc1Cl. The van der Waals surface area contributed by atoms with Crippen molar-refractivity contribution in [1.82, 2.24) is 9.97 Å². The van der Waals surface area contributed by atoms with Crippen molar-refractivity contribution in [3.8, 4) is 0 Å². The highest BCUT2D eigenvalue weighted by molar-refractivity contribution is 7.22. The van der Waals surface area contributed by atoms with Gasteiger partial charge < -0.3 is 9.64 Å². The molecule has 0 N–H and O–H groups in total. The molecule has 0 bridgehead atoms. The van der Waals surface area contributed by atoms with Gasteiger partial charge in [-0.05, 0) is 0 Å². The molecule has 3 heterocycles. The fourth-order valence-electron chi connectivity index (χ4n) is 1.84. The van der Waals surface area contributed by atoms with E-state index in [1.807, 2.05) is 0 Å². The lowest BCUT2D eigenvalue weighted by Gasteiger charge is -2.25. The highest BCUT2D eigenvalue weighted by Crippen LogP contribution is 2.33. The minimum Gasteiger partial charge on any atom is -0.378 e. The molecule has 100 valence electrons. The monoisotopic (exact) mass is 300 g/mol. The number of fused-ring (bicyclic) bond motifs is 1. The molecule has 19 heavy (non-hydrogen) atoms. The number of rotatable bonds is 2. The third-order valence-corrected chi connectivity index (χ3v) is 4.12. The first kappa shape index (κ1) is 12.5. The second-order valence-corrected chi connectivity index (χ2v) is 5.34. The third-order valence-electron chi connectivity index (χ3n) is 2.78. The molecule has 7 nitrogen and oxygen atoms in total. The van der Waals surface area contributed by atoms with Crippen molar-refractivity contribution in [2.24, 2.45) is 0 Å². The summed E-state index contributed by atoms with van der Waals surface area (Å²) in [6.45, 7) is 2.83. The molecule has 1 saturated heterocycles. The largest absolute Gasteiger partial charge is 0.378 e. The van der Waals surface area contributed by atoms with E-state index in [9.17, 15) is 10.1 Å². The van der Waals surface area contributed by atoms with Gasteiger partial charge in [0.15, 0.2) is 10.8 Å². The summed E-state index contributed by atoms with van der Waals surface area (Å²) in [4.78, 5) is 20.7. The smallest absolute Gasteiger partial charge is 0.308 e. The quantitative estimate of drug-likeness (QED) is 0.480. The van der Waals surface area contributed by atoms with E-state index >= 15 is 0 Å². The number of morpholine rings is 1. The van der Waals surface area contributed by atoms with E-state index in [1.165, 1.54) is 17.4 Å². The zero-order chi connectivity index (χ0) is 13.4. The van der Waals surface area contributed by atoms with Crippen molar-refractivity contribution in [3.63, 3.8) is 0 Å². The van der Waals surface area contributed by atoms with Crippen LogP contribution in [0.1, 0.15) is 0 Å². The lowest BCUT2D eigenvalue weighted by atomic mass is 10.4. The fourth-order valence-corrected chi connectivity index (χ4v) is 3.04. The van der Waals surface area contributed by atoms with Crippen molar-refractivity contribution >= 4 is 44.1 Å². The maximum Gasteiger partial charge on any atom is 0.308 e. The number of pyridine rings is 1. The number of hydrogen-bond donors (Lipinski definition) is 0. The molecule has 1 aliphatic heterocycles. The number of anilines is 1. The molecule has 0 unspecified atom stereocenters. The zero-order valence-electron chi connectivity index (χ0n) is 9.71. The van der Waals surface area contributed by atoms with Gasteiger partial charge in [-0.25, -0.2) is 4.98 Å². The number of halogens is 1. The van der Waals surface area contributed by atoms with E-state index in [0.717, 1.165) is 18.2 Å². The summed E-state index contributed by atoms with van der Waals surface area (Å²) in [5, 5.41) is 11.5. The van der Waals surface area contributed by atoms with Crippen LogP contribution in [0.25, 0.3) is 10.3 Å². The molecule has 9 heteroatoms. The predicted molar refractivity (Wildman–Crippen MR) is 72.1 cm³/mol. The Morgan fingerprint density at radius 1 is 1.42 bits per heavy atom. The Hall–Kier alpha value is -1.51. The Morgan fingerprint density at radius 3 is 2.84 bits per heavy atom. The van der Waals surface area contributed by atoms with Crippen molar-refractivity contribution in [1.29, 1.82) is 0 Å². The summed E-state index contributed by atoms with van der Waals surface area (Å²) in [5.74, 6) is 0. The van der Waals surface area contributed by atoms with Crippen molar-refractivity contribution in [2.75, 3.05) is 31.2 Å². The van der Waals surface area contributed by atoms with Crippen LogP contribution in [0, 0.1) is 10.1 Å². The van der Waals surface area contributed by atoms with E-state index in [-0.39, 0.29) is 10.8 Å². The van der Waals surface area contributed by atoms with Gasteiger partial charge >= 0.3 is 5.69 Å². The number of nitro groups is 1. The first-order valence-electron chi connectivity index (χ1n) is 5.59. The summed E-state index contributed by atoms with van der Waals surface area (Å²) in [6, 6.07) is 1.42. The average Bonchev–Trinajstić information content (AvgIpc) is 2.81. The van der Waals surface area contributed by atoms with Crippen molar-refractivity contribution in [3.05, 3.63) is 21.3 Å². The third kappa shape index (κ3) is 2.34. The minimum absolute atomic E-state index is 0.128. The maximum absolute atomic E-state index is 10.8. The number of aromatic nitrogens is 2. The molecular formula is C10H9ClN4O3S. The summed E-state index contributed by atoms with van der Waals surface area (Å²) in [6.07, 6.45) is 0. The molecule has 0 spiro atoms. The topological polar surface area (TPSA) is 81.4 Å². The van der Waals surface area contributed by atoms with E-state index in [1.54, 1.807) is 0 Å². The highest BCUT2D eigenvalue weighted by atomic mass is 35.5. The second-order valence-electron chi connectivity index (χ2n) is 3.97. The van der Waals surface area contributed by atoms with Crippen LogP contribution >= 0.6 is 22.9 Å². The summed E-state index contributed by atoms with van der Waals surface area (Å²) in [5.41, 5.74) is 0.258. The van der Waals surface area contributed by atoms with E-state index in [2.05, 4.69) is 14.9 Å². The Balaban J connectivity index is 2.02. The van der Waals surface area contributed by atoms with Crippen LogP contribution in [0.4, 0.5) is 10.8 Å². The van der Waals surface area contributed by atoms with Crippen LogP contribution < -0.4 is 4.90 Å². The molecule has 2 aromatic rings. The number of ether oxygens (including phenoxy) is 1. The first-order valence-corrected chi connectivity index (χ1v) is 6.79. The van der Waals surface area contributed by atoms with Gasteiger partial charge in [0.05, 0.1) is 22.8 Å². The van der Waals surface area contributed by atoms with Gasteiger partial charge in [0.2, 0.25) is 5.15 Å². The molecule has 0 saturated carbocycles. The van der Waals surface area contributed by atoms with E-state index in [4.69, 9.17) is 16.3 Å². The first-order chi connectivity index (χ1) is 9.15. The second kappa shape index (κ2) is 4.87. The lowest BCUT2D eigenvalue weighted by molar-refractivity contribution is -0.384. The lowest BCUT2D eigenvalue weighted by Crippen LogP contribution is -2.36. The fraction of sp³-hybridized carbons (Fsp3) is 0.400. The van der Waals surface area contributed by atoms with E-state index < -0.39 is 4.92 Å². The predicted octanol–water partition coefficient (Wildman–Crippen LogP) is 2.09. The van der Waals surface area contributed by atoms with Gasteiger partial charge in [0.1, 0.15) is 0 Å². The molecule has 0 aromatic carbocycles. The highest BCUT2D eigenvalue weighted by Gasteiger charge is 2.20. The molecule has 2 aromatic heterocycles. The molecule has 0 atom stereocenters. The Kier molecular flexibility index (Phi) is 3.21. The Morgan fingerprint density at radius 2 is 2.16 bits per heavy atom. The molecule has 0 radical (unpaired) electrons. The molecule has 0 amide bonds. The van der Waals surface area contributed by atoms with Gasteiger partial charge in [-0.1, -0.05) is 22.9 Å². The Bertz CT molecular complexity index is 641. The van der Waals surface area contributed by atoms with Gasteiger partial charge in [0.25, 0.3) is 0 Å². The van der Waals surface area contributed by atoms with E-state index in [0.29, 0.717) is 23.6 Å². The van der Waals surface area contributed by atoms with Crippen LogP contribution in [-0.4, -0.2) is 41.2 Å². The molecule has 0 aliphatic carbocycles. The minimum atomic E-state index is -0.539. The van der Waals surface area contributed by atoms with Crippen molar-refractivity contribution in [2.45, 2.75) is 0 Å². The van der Waals surface area contributed by atoms with Crippen molar-refractivity contribution < 1.29 is 9.66 Å². The van der Waals surface area contributed by atoms with Gasteiger partial charge in [0, 0.05) is 19.2 Å². The van der Waals surface area contributed by atoms with Gasteiger partial charge in [-0.3, -0.25) is 10.1 Å². The normalized spacial score (nSPS) is 15.9. The van der Waals surface area contributed by atoms with Crippen LogP contribution in [0.5, 0.6) is 0 Å². The van der Waals surface area contributed by atoms with Crippen LogP contribution in [0.3, 0.4) is 0 Å². The Labute approximate surface area is 116 Å². The number of hydrogen-bond acceptors (Lipinski definition) is 7. The summed E-state index contributed by atoms with van der Waals surface area (Å²) < 4.78 is 5.94. The molecule has 1 fully saturated rings.